The Bertz CT molecular complexity index is 1220. The van der Waals surface area contributed by atoms with Crippen molar-refractivity contribution in [3.05, 3.63) is 52.1 Å². The molecule has 0 amide bonds. The van der Waals surface area contributed by atoms with E-state index >= 15 is 0 Å². The van der Waals surface area contributed by atoms with Crippen LogP contribution in [0.4, 0.5) is 5.69 Å². The monoisotopic (exact) mass is 485 g/mol. The predicted octanol–water partition coefficient (Wildman–Crippen LogP) is 6.74. The SMILES string of the molecule is Cc1cc([C@H]2C[C@@]3(C)[C@@H](CC[C@@]3(O)C#CC(C)(C)C)[C@@H]3CCC4=CC(=O)CCC4=C32)ccc1N(C)C. The summed E-state index contributed by atoms with van der Waals surface area (Å²) < 4.78 is 0. The van der Waals surface area contributed by atoms with Crippen molar-refractivity contribution in [1.29, 1.82) is 0 Å². The number of carbonyl (C=O) groups is 1. The third kappa shape index (κ3) is 4.06. The van der Waals surface area contributed by atoms with E-state index in [0.29, 0.717) is 18.3 Å². The van der Waals surface area contributed by atoms with Crippen LogP contribution < -0.4 is 4.90 Å². The van der Waals surface area contributed by atoms with Gasteiger partial charge in [0.1, 0.15) is 5.60 Å². The molecule has 0 spiro atoms. The minimum Gasteiger partial charge on any atom is -0.377 e. The van der Waals surface area contributed by atoms with Gasteiger partial charge in [-0.1, -0.05) is 36.5 Å². The lowest BCUT2D eigenvalue weighted by atomic mass is 9.51. The second-order valence-corrected chi connectivity index (χ2v) is 13.3. The molecule has 5 atom stereocenters. The molecule has 0 aromatic heterocycles. The third-order valence-corrected chi connectivity index (χ3v) is 9.64. The Morgan fingerprint density at radius 2 is 1.86 bits per heavy atom. The quantitative estimate of drug-likeness (QED) is 0.472. The topological polar surface area (TPSA) is 40.5 Å². The highest BCUT2D eigenvalue weighted by molar-refractivity contribution is 5.93. The maximum absolute atomic E-state index is 12.3. The average molecular weight is 486 g/mol. The number of hydrogen-bond donors (Lipinski definition) is 1. The molecule has 2 saturated carbocycles. The molecule has 0 bridgehead atoms. The van der Waals surface area contributed by atoms with Gasteiger partial charge in [-0.3, -0.25) is 4.79 Å². The van der Waals surface area contributed by atoms with Crippen molar-refractivity contribution in [2.24, 2.45) is 22.7 Å². The van der Waals surface area contributed by atoms with E-state index in [9.17, 15) is 9.90 Å². The van der Waals surface area contributed by atoms with Crippen molar-refractivity contribution < 1.29 is 9.90 Å². The number of fused-ring (bicyclic) bond motifs is 4. The van der Waals surface area contributed by atoms with E-state index in [1.54, 1.807) is 5.57 Å². The number of carbonyl (C=O) groups excluding carboxylic acids is 1. The van der Waals surface area contributed by atoms with Crippen LogP contribution in [-0.2, 0) is 4.79 Å². The number of aliphatic hydroxyl groups is 1. The largest absolute Gasteiger partial charge is 0.377 e. The summed E-state index contributed by atoms with van der Waals surface area (Å²) in [6, 6.07) is 6.93. The molecular formula is C33H43NO2. The molecule has 192 valence electrons. The molecule has 1 N–H and O–H groups in total. The fraction of sp³-hybridized carbons (Fsp3) is 0.606. The van der Waals surface area contributed by atoms with Crippen molar-refractivity contribution in [3.63, 3.8) is 0 Å². The molecule has 0 unspecified atom stereocenters. The van der Waals surface area contributed by atoms with E-state index in [-0.39, 0.29) is 22.5 Å². The molecule has 2 fully saturated rings. The van der Waals surface area contributed by atoms with Crippen LogP contribution >= 0.6 is 0 Å². The average Bonchev–Trinajstić information content (AvgIpc) is 3.07. The summed E-state index contributed by atoms with van der Waals surface area (Å²) in [6.07, 6.45) is 8.19. The lowest BCUT2D eigenvalue weighted by Crippen LogP contribution is -2.51. The minimum atomic E-state index is -0.962. The van der Waals surface area contributed by atoms with Crippen molar-refractivity contribution in [3.8, 4) is 11.8 Å². The van der Waals surface area contributed by atoms with Crippen molar-refractivity contribution in [2.45, 2.75) is 91.1 Å². The Morgan fingerprint density at radius 3 is 2.53 bits per heavy atom. The Hall–Kier alpha value is -2.31. The molecule has 5 rings (SSSR count). The lowest BCUT2D eigenvalue weighted by Gasteiger charge is -2.53. The second-order valence-electron chi connectivity index (χ2n) is 13.3. The van der Waals surface area contributed by atoms with E-state index in [0.717, 1.165) is 38.5 Å². The highest BCUT2D eigenvalue weighted by Gasteiger charge is 2.62. The van der Waals surface area contributed by atoms with Gasteiger partial charge in [0.25, 0.3) is 0 Å². The number of rotatable bonds is 2. The summed E-state index contributed by atoms with van der Waals surface area (Å²) in [5.74, 6) is 8.24. The summed E-state index contributed by atoms with van der Waals surface area (Å²) in [6.45, 7) is 10.9. The highest BCUT2D eigenvalue weighted by Crippen LogP contribution is 2.66. The van der Waals surface area contributed by atoms with Gasteiger partial charge >= 0.3 is 0 Å². The van der Waals surface area contributed by atoms with Gasteiger partial charge in [0.05, 0.1) is 0 Å². The first-order valence-corrected chi connectivity index (χ1v) is 13.8. The molecule has 0 aliphatic heterocycles. The number of anilines is 1. The molecule has 1 aromatic carbocycles. The van der Waals surface area contributed by atoms with Crippen LogP contribution in [0.3, 0.4) is 0 Å². The zero-order valence-electron chi connectivity index (χ0n) is 23.3. The smallest absolute Gasteiger partial charge is 0.156 e. The molecule has 4 aliphatic carbocycles. The number of nitrogens with zero attached hydrogens (tertiary/aromatic N) is 1. The molecule has 0 radical (unpaired) electrons. The number of aryl methyl sites for hydroxylation is 1. The lowest BCUT2D eigenvalue weighted by molar-refractivity contribution is -0.114. The first kappa shape index (κ1) is 25.3. The zero-order chi connectivity index (χ0) is 26.0. The van der Waals surface area contributed by atoms with E-state index in [4.69, 9.17) is 0 Å². The summed E-state index contributed by atoms with van der Waals surface area (Å²) in [7, 11) is 4.19. The second kappa shape index (κ2) is 8.63. The number of hydrogen-bond acceptors (Lipinski definition) is 3. The highest BCUT2D eigenvalue weighted by atomic mass is 16.3. The summed E-state index contributed by atoms with van der Waals surface area (Å²) in [5, 5.41) is 12.2. The van der Waals surface area contributed by atoms with Crippen LogP contribution in [0, 0.1) is 41.4 Å². The molecule has 1 aromatic rings. The summed E-state index contributed by atoms with van der Waals surface area (Å²) in [4.78, 5) is 14.5. The van der Waals surface area contributed by atoms with Gasteiger partial charge in [0.15, 0.2) is 5.78 Å². The van der Waals surface area contributed by atoms with Gasteiger partial charge in [-0.25, -0.2) is 0 Å². The zero-order valence-corrected chi connectivity index (χ0v) is 23.3. The van der Waals surface area contributed by atoms with Gasteiger partial charge in [-0.05, 0) is 112 Å². The molecule has 3 nitrogen and oxygen atoms in total. The Morgan fingerprint density at radius 1 is 1.11 bits per heavy atom. The van der Waals surface area contributed by atoms with Crippen LogP contribution in [0.2, 0.25) is 0 Å². The number of ketones is 1. The fourth-order valence-corrected chi connectivity index (χ4v) is 7.86. The van der Waals surface area contributed by atoms with Gasteiger partial charge in [-0.15, -0.1) is 0 Å². The van der Waals surface area contributed by atoms with Crippen LogP contribution in [0.1, 0.15) is 89.7 Å². The van der Waals surface area contributed by atoms with E-state index in [1.165, 1.54) is 28.0 Å². The van der Waals surface area contributed by atoms with E-state index in [2.05, 4.69) is 83.7 Å². The van der Waals surface area contributed by atoms with Gasteiger partial charge in [0.2, 0.25) is 0 Å². The molecule has 3 heteroatoms. The molecule has 0 saturated heterocycles. The normalized spacial score (nSPS) is 33.7. The maximum Gasteiger partial charge on any atom is 0.156 e. The van der Waals surface area contributed by atoms with Crippen LogP contribution in [0.25, 0.3) is 0 Å². The number of allylic oxidation sites excluding steroid dienone is 4. The van der Waals surface area contributed by atoms with Crippen molar-refractivity contribution >= 4 is 11.5 Å². The Labute approximate surface area is 218 Å². The van der Waals surface area contributed by atoms with E-state index < -0.39 is 5.60 Å². The molecule has 0 heterocycles. The Balaban J connectivity index is 1.67. The van der Waals surface area contributed by atoms with Crippen LogP contribution in [0.15, 0.2) is 41.0 Å². The standard InChI is InChI=1S/C33H43NO2/c1-21-18-22(9-13-29(21)34(6)7)27-20-32(5)28(14-15-33(32,36)17-16-31(2,3)4)26-11-8-23-19-24(35)10-12-25(23)30(26)27/h9,13,18-19,26-28,36H,8,10-12,14-15,20H2,1-7H3/t26-,27+,28-,32-,33+/m0/s1. The van der Waals surface area contributed by atoms with Crippen LogP contribution in [0.5, 0.6) is 0 Å². The molecular weight excluding hydrogens is 442 g/mol. The van der Waals surface area contributed by atoms with E-state index in [1.807, 2.05) is 6.08 Å². The van der Waals surface area contributed by atoms with Crippen molar-refractivity contribution in [2.75, 3.05) is 19.0 Å². The molecule has 36 heavy (non-hydrogen) atoms. The first-order chi connectivity index (χ1) is 16.8. The summed E-state index contributed by atoms with van der Waals surface area (Å²) >= 11 is 0. The van der Waals surface area contributed by atoms with Crippen LogP contribution in [-0.4, -0.2) is 30.6 Å². The van der Waals surface area contributed by atoms with Crippen molar-refractivity contribution in [1.82, 2.24) is 0 Å². The fourth-order valence-electron chi connectivity index (χ4n) is 7.86. The number of benzene rings is 1. The predicted molar refractivity (Wildman–Crippen MR) is 148 cm³/mol. The Kier molecular flexibility index (Phi) is 6.07. The van der Waals surface area contributed by atoms with Gasteiger partial charge in [-0.2, -0.15) is 0 Å². The van der Waals surface area contributed by atoms with Gasteiger partial charge < -0.3 is 10.0 Å². The third-order valence-electron chi connectivity index (χ3n) is 9.64. The molecule has 4 aliphatic rings. The van der Waals surface area contributed by atoms with Gasteiger partial charge in [0, 0.05) is 43.0 Å². The first-order valence-electron chi connectivity index (χ1n) is 13.8. The maximum atomic E-state index is 12.3. The summed E-state index contributed by atoms with van der Waals surface area (Å²) in [5.41, 5.74) is 6.84. The minimum absolute atomic E-state index is 0.135.